The third kappa shape index (κ3) is 4.91. The molecule has 0 bridgehead atoms. The molecule has 2 aromatic carbocycles. The molecular formula is C25H27ClN2O. The van der Waals surface area contributed by atoms with Crippen molar-refractivity contribution in [2.75, 3.05) is 18.4 Å². The number of nitrogens with one attached hydrogen (secondary N) is 1. The quantitative estimate of drug-likeness (QED) is 0.647. The second-order valence-corrected chi connectivity index (χ2v) is 8.21. The van der Waals surface area contributed by atoms with E-state index >= 15 is 0 Å². The van der Waals surface area contributed by atoms with E-state index in [1.54, 1.807) is 6.07 Å². The summed E-state index contributed by atoms with van der Waals surface area (Å²) in [6.07, 6.45) is 8.71. The zero-order chi connectivity index (χ0) is 20.1. The number of hydrogen-bond acceptors (Lipinski definition) is 2. The highest BCUT2D eigenvalue weighted by Gasteiger charge is 2.27. The third-order valence-electron chi connectivity index (χ3n) is 5.63. The van der Waals surface area contributed by atoms with E-state index in [1.807, 2.05) is 24.3 Å². The van der Waals surface area contributed by atoms with Crippen LogP contribution in [0.2, 0.25) is 5.02 Å². The number of halogens is 1. The highest BCUT2D eigenvalue weighted by Crippen LogP contribution is 2.35. The molecular weight excluding hydrogens is 380 g/mol. The van der Waals surface area contributed by atoms with Gasteiger partial charge in [-0.2, -0.15) is 0 Å². The first-order valence-corrected chi connectivity index (χ1v) is 10.9. The summed E-state index contributed by atoms with van der Waals surface area (Å²) in [6, 6.07) is 17.8. The first-order chi connectivity index (χ1) is 14.2. The van der Waals surface area contributed by atoms with Crippen LogP contribution in [0.1, 0.15) is 44.1 Å². The van der Waals surface area contributed by atoms with Gasteiger partial charge in [-0.05, 0) is 73.9 Å². The lowest BCUT2D eigenvalue weighted by Crippen LogP contribution is -2.34. The van der Waals surface area contributed by atoms with Crippen molar-refractivity contribution in [1.82, 2.24) is 4.90 Å². The van der Waals surface area contributed by atoms with Gasteiger partial charge in [0.1, 0.15) is 0 Å². The molecule has 150 valence electrons. The summed E-state index contributed by atoms with van der Waals surface area (Å²) in [4.78, 5) is 15.7. The van der Waals surface area contributed by atoms with Crippen molar-refractivity contribution in [2.24, 2.45) is 0 Å². The Kier molecular flexibility index (Phi) is 6.36. The average molecular weight is 407 g/mol. The minimum atomic E-state index is -0.00787. The molecule has 1 saturated heterocycles. The van der Waals surface area contributed by atoms with Gasteiger partial charge in [-0.15, -0.1) is 0 Å². The number of nitrogens with zero attached hydrogens (tertiary/aromatic N) is 1. The van der Waals surface area contributed by atoms with E-state index in [4.69, 9.17) is 11.6 Å². The van der Waals surface area contributed by atoms with Crippen LogP contribution < -0.4 is 5.32 Å². The Morgan fingerprint density at radius 2 is 1.72 bits per heavy atom. The van der Waals surface area contributed by atoms with Crippen molar-refractivity contribution in [1.29, 1.82) is 0 Å². The fraction of sp³-hybridized carbons (Fsp3) is 0.320. The summed E-state index contributed by atoms with van der Waals surface area (Å²) in [7, 11) is 0. The standard InChI is InChI=1S/C25H27ClN2O/c26-21-12-8-13-22(18-21)27-25(29)23-14-7-11-20(17-19-9-3-1-4-10-19)24(23)28-15-5-2-6-16-28/h1,3-4,8-10,12-13,17-18H,2,5-7,11,14-16H2,(H,27,29)/b20-17+. The molecule has 3 nitrogen and oxygen atoms in total. The highest BCUT2D eigenvalue weighted by atomic mass is 35.5. The Morgan fingerprint density at radius 1 is 0.931 bits per heavy atom. The van der Waals surface area contributed by atoms with Crippen LogP contribution in [0.3, 0.4) is 0 Å². The minimum Gasteiger partial charge on any atom is -0.371 e. The molecule has 29 heavy (non-hydrogen) atoms. The molecule has 0 spiro atoms. The largest absolute Gasteiger partial charge is 0.371 e. The number of likely N-dealkylation sites (tertiary alicyclic amines) is 1. The maximum atomic E-state index is 13.3. The lowest BCUT2D eigenvalue weighted by Gasteiger charge is -2.36. The van der Waals surface area contributed by atoms with Crippen LogP contribution in [0.15, 0.2) is 71.4 Å². The second kappa shape index (κ2) is 9.32. The summed E-state index contributed by atoms with van der Waals surface area (Å²) >= 11 is 6.10. The molecule has 4 heteroatoms. The molecule has 1 aliphatic carbocycles. The van der Waals surface area contributed by atoms with E-state index in [1.165, 1.54) is 30.4 Å². The molecule has 1 amide bonds. The monoisotopic (exact) mass is 406 g/mol. The number of hydrogen-bond donors (Lipinski definition) is 1. The number of benzene rings is 2. The summed E-state index contributed by atoms with van der Waals surface area (Å²) in [5, 5.41) is 3.70. The number of anilines is 1. The minimum absolute atomic E-state index is 0.00787. The molecule has 2 aromatic rings. The highest BCUT2D eigenvalue weighted by molar-refractivity contribution is 6.31. The number of carbonyl (C=O) groups is 1. The lowest BCUT2D eigenvalue weighted by atomic mass is 9.88. The van der Waals surface area contributed by atoms with Crippen LogP contribution >= 0.6 is 11.6 Å². The first-order valence-electron chi connectivity index (χ1n) is 10.5. The molecule has 0 unspecified atom stereocenters. The van der Waals surface area contributed by atoms with Crippen molar-refractivity contribution < 1.29 is 4.79 Å². The van der Waals surface area contributed by atoms with Crippen LogP contribution in [0.5, 0.6) is 0 Å². The molecule has 1 heterocycles. The number of amides is 1. The van der Waals surface area contributed by atoms with Crippen LogP contribution in [0.25, 0.3) is 6.08 Å². The normalized spacial score (nSPS) is 18.8. The number of carbonyl (C=O) groups excluding carboxylic acids is 1. The topological polar surface area (TPSA) is 32.3 Å². The van der Waals surface area contributed by atoms with Crippen LogP contribution in [0, 0.1) is 0 Å². The Bertz CT molecular complexity index is 927. The van der Waals surface area contributed by atoms with E-state index in [0.717, 1.165) is 49.3 Å². The van der Waals surface area contributed by atoms with Gasteiger partial charge in [0.05, 0.1) is 0 Å². The average Bonchev–Trinajstić information content (AvgIpc) is 2.75. The lowest BCUT2D eigenvalue weighted by molar-refractivity contribution is -0.113. The van der Waals surface area contributed by atoms with Crippen LogP contribution in [-0.4, -0.2) is 23.9 Å². The van der Waals surface area contributed by atoms with Gasteiger partial charge in [0.2, 0.25) is 0 Å². The van der Waals surface area contributed by atoms with Gasteiger partial charge in [0.15, 0.2) is 0 Å². The fourth-order valence-electron chi connectivity index (χ4n) is 4.28. The number of piperidine rings is 1. The van der Waals surface area contributed by atoms with Gasteiger partial charge in [-0.25, -0.2) is 0 Å². The molecule has 4 rings (SSSR count). The third-order valence-corrected chi connectivity index (χ3v) is 5.87. The van der Waals surface area contributed by atoms with E-state index in [0.29, 0.717) is 5.02 Å². The molecule has 1 aliphatic heterocycles. The summed E-state index contributed by atoms with van der Waals surface area (Å²) in [6.45, 7) is 2.05. The zero-order valence-corrected chi connectivity index (χ0v) is 17.4. The van der Waals surface area contributed by atoms with Crippen LogP contribution in [0.4, 0.5) is 5.69 Å². The molecule has 0 radical (unpaired) electrons. The first kappa shape index (κ1) is 19.8. The summed E-state index contributed by atoms with van der Waals surface area (Å²) in [5.41, 5.74) is 5.26. The Balaban J connectivity index is 1.71. The van der Waals surface area contributed by atoms with Crippen molar-refractivity contribution in [3.8, 4) is 0 Å². The Hall–Kier alpha value is -2.52. The van der Waals surface area contributed by atoms with E-state index in [9.17, 15) is 4.79 Å². The van der Waals surface area contributed by atoms with Gasteiger partial charge < -0.3 is 10.2 Å². The maximum Gasteiger partial charge on any atom is 0.253 e. The van der Waals surface area contributed by atoms with Crippen molar-refractivity contribution in [3.63, 3.8) is 0 Å². The van der Waals surface area contributed by atoms with Gasteiger partial charge in [0, 0.05) is 35.1 Å². The van der Waals surface area contributed by atoms with Crippen LogP contribution in [-0.2, 0) is 4.79 Å². The Morgan fingerprint density at radius 3 is 2.48 bits per heavy atom. The fourth-order valence-corrected chi connectivity index (χ4v) is 4.47. The summed E-state index contributed by atoms with van der Waals surface area (Å²) < 4.78 is 0. The van der Waals surface area contributed by atoms with Crippen molar-refractivity contribution in [2.45, 2.75) is 38.5 Å². The van der Waals surface area contributed by atoms with Crippen molar-refractivity contribution in [3.05, 3.63) is 82.0 Å². The van der Waals surface area contributed by atoms with Gasteiger partial charge in [0.25, 0.3) is 5.91 Å². The number of rotatable bonds is 4. The van der Waals surface area contributed by atoms with Crippen molar-refractivity contribution >= 4 is 29.3 Å². The summed E-state index contributed by atoms with van der Waals surface area (Å²) in [5.74, 6) is -0.00787. The predicted octanol–water partition coefficient (Wildman–Crippen LogP) is 6.29. The molecule has 0 saturated carbocycles. The second-order valence-electron chi connectivity index (χ2n) is 7.77. The molecule has 0 aromatic heterocycles. The predicted molar refractivity (Wildman–Crippen MR) is 121 cm³/mol. The number of allylic oxidation sites excluding steroid dienone is 1. The maximum absolute atomic E-state index is 13.3. The van der Waals surface area contributed by atoms with E-state index in [-0.39, 0.29) is 5.91 Å². The molecule has 1 fully saturated rings. The SMILES string of the molecule is O=C(Nc1cccc(Cl)c1)C1=C(N2CCCCC2)/C(=C/c2ccccc2)CCC1. The van der Waals surface area contributed by atoms with E-state index < -0.39 is 0 Å². The molecule has 1 N–H and O–H groups in total. The molecule has 2 aliphatic rings. The van der Waals surface area contributed by atoms with Gasteiger partial charge in [-0.3, -0.25) is 4.79 Å². The zero-order valence-electron chi connectivity index (χ0n) is 16.7. The molecule has 0 atom stereocenters. The van der Waals surface area contributed by atoms with Gasteiger partial charge in [-0.1, -0.05) is 48.0 Å². The van der Waals surface area contributed by atoms with E-state index in [2.05, 4.69) is 40.6 Å². The Labute approximate surface area is 178 Å². The van der Waals surface area contributed by atoms with Gasteiger partial charge >= 0.3 is 0 Å². The smallest absolute Gasteiger partial charge is 0.253 e.